The predicted octanol–water partition coefficient (Wildman–Crippen LogP) is 2.66. The maximum Gasteiger partial charge on any atom is 0.125 e. The molecule has 4 heteroatoms. The summed E-state index contributed by atoms with van der Waals surface area (Å²) in [5.41, 5.74) is 1.51. The standard InChI is InChI=1S/C16H16N2O2/c1-18-13(9-10-17-18)16(19)15-12-6-4-3-5-11(12)7-8-14(15)20-2/h3-10,16,19H,1-2H3. The molecule has 2 aromatic carbocycles. The van der Waals surface area contributed by atoms with Crippen molar-refractivity contribution < 1.29 is 9.84 Å². The van der Waals surface area contributed by atoms with E-state index in [4.69, 9.17) is 4.74 Å². The molecule has 0 aliphatic carbocycles. The lowest BCUT2D eigenvalue weighted by atomic mass is 9.97. The summed E-state index contributed by atoms with van der Waals surface area (Å²) in [6.07, 6.45) is 0.902. The van der Waals surface area contributed by atoms with Crippen LogP contribution in [0.25, 0.3) is 10.8 Å². The van der Waals surface area contributed by atoms with E-state index in [1.807, 2.05) is 49.5 Å². The molecule has 0 aliphatic heterocycles. The molecule has 0 bridgehead atoms. The molecule has 1 aromatic heterocycles. The van der Waals surface area contributed by atoms with Crippen molar-refractivity contribution in [3.05, 3.63) is 59.9 Å². The van der Waals surface area contributed by atoms with Crippen molar-refractivity contribution >= 4 is 10.8 Å². The predicted molar refractivity (Wildman–Crippen MR) is 77.8 cm³/mol. The van der Waals surface area contributed by atoms with Gasteiger partial charge in [-0.1, -0.05) is 30.3 Å². The van der Waals surface area contributed by atoms with Crippen LogP contribution in [0.3, 0.4) is 0 Å². The highest BCUT2D eigenvalue weighted by Gasteiger charge is 2.20. The van der Waals surface area contributed by atoms with Gasteiger partial charge in [-0.3, -0.25) is 4.68 Å². The molecule has 0 aliphatic rings. The van der Waals surface area contributed by atoms with Crippen LogP contribution in [0.15, 0.2) is 48.7 Å². The van der Waals surface area contributed by atoms with Gasteiger partial charge >= 0.3 is 0 Å². The molecule has 4 nitrogen and oxygen atoms in total. The molecule has 0 spiro atoms. The Balaban J connectivity index is 2.26. The van der Waals surface area contributed by atoms with E-state index >= 15 is 0 Å². The number of hydrogen-bond donors (Lipinski definition) is 1. The molecule has 3 aromatic rings. The summed E-state index contributed by atoms with van der Waals surface area (Å²) in [6, 6.07) is 13.6. The Kier molecular flexibility index (Phi) is 3.16. The van der Waals surface area contributed by atoms with Gasteiger partial charge in [0.15, 0.2) is 0 Å². The molecule has 3 rings (SSSR count). The molecule has 0 fully saturated rings. The first-order valence-corrected chi connectivity index (χ1v) is 6.44. The van der Waals surface area contributed by atoms with E-state index in [2.05, 4.69) is 5.10 Å². The summed E-state index contributed by atoms with van der Waals surface area (Å²) in [6.45, 7) is 0. The molecule has 1 N–H and O–H groups in total. The molecule has 1 unspecified atom stereocenters. The average molecular weight is 268 g/mol. The number of aliphatic hydroxyl groups is 1. The minimum absolute atomic E-state index is 0.678. The van der Waals surface area contributed by atoms with Crippen molar-refractivity contribution in [2.75, 3.05) is 7.11 Å². The number of aromatic nitrogens is 2. The van der Waals surface area contributed by atoms with Crippen LogP contribution in [0.2, 0.25) is 0 Å². The van der Waals surface area contributed by atoms with Gasteiger partial charge in [-0.15, -0.1) is 0 Å². The summed E-state index contributed by atoms with van der Waals surface area (Å²) in [5, 5.41) is 16.9. The number of benzene rings is 2. The maximum absolute atomic E-state index is 10.7. The molecule has 0 saturated carbocycles. The van der Waals surface area contributed by atoms with Crippen LogP contribution >= 0.6 is 0 Å². The summed E-state index contributed by atoms with van der Waals surface area (Å²) < 4.78 is 7.10. The number of fused-ring (bicyclic) bond motifs is 1. The molecular weight excluding hydrogens is 252 g/mol. The Labute approximate surface area is 117 Å². The third-order valence-corrected chi connectivity index (χ3v) is 3.56. The number of nitrogens with zero attached hydrogens (tertiary/aromatic N) is 2. The van der Waals surface area contributed by atoms with Gasteiger partial charge in [0.25, 0.3) is 0 Å². The van der Waals surface area contributed by atoms with E-state index in [0.29, 0.717) is 5.75 Å². The van der Waals surface area contributed by atoms with Crippen LogP contribution < -0.4 is 4.74 Å². The van der Waals surface area contributed by atoms with Gasteiger partial charge in [-0.25, -0.2) is 0 Å². The summed E-state index contributed by atoms with van der Waals surface area (Å²) in [7, 11) is 3.43. The topological polar surface area (TPSA) is 47.3 Å². The number of hydrogen-bond acceptors (Lipinski definition) is 3. The van der Waals surface area contributed by atoms with Gasteiger partial charge in [-0.2, -0.15) is 5.10 Å². The van der Waals surface area contributed by atoms with Gasteiger partial charge in [-0.05, 0) is 22.9 Å². The molecule has 0 amide bonds. The third kappa shape index (κ3) is 1.94. The van der Waals surface area contributed by atoms with Crippen LogP contribution in [0, 0.1) is 0 Å². The highest BCUT2D eigenvalue weighted by molar-refractivity contribution is 5.88. The maximum atomic E-state index is 10.7. The van der Waals surface area contributed by atoms with E-state index in [-0.39, 0.29) is 0 Å². The van der Waals surface area contributed by atoms with Crippen LogP contribution in [0.1, 0.15) is 17.4 Å². The monoisotopic (exact) mass is 268 g/mol. The van der Waals surface area contributed by atoms with Crippen molar-refractivity contribution in [3.63, 3.8) is 0 Å². The number of aryl methyl sites for hydroxylation is 1. The minimum atomic E-state index is -0.774. The van der Waals surface area contributed by atoms with Crippen molar-refractivity contribution in [2.45, 2.75) is 6.10 Å². The zero-order chi connectivity index (χ0) is 14.1. The fraction of sp³-hybridized carbons (Fsp3) is 0.188. The zero-order valence-electron chi connectivity index (χ0n) is 11.4. The zero-order valence-corrected chi connectivity index (χ0v) is 11.4. The highest BCUT2D eigenvalue weighted by atomic mass is 16.5. The molecule has 0 radical (unpaired) electrons. The van der Waals surface area contributed by atoms with E-state index in [1.165, 1.54) is 0 Å². The van der Waals surface area contributed by atoms with E-state index in [1.54, 1.807) is 18.0 Å². The molecule has 102 valence electrons. The Morgan fingerprint density at radius 1 is 1.15 bits per heavy atom. The Morgan fingerprint density at radius 3 is 2.65 bits per heavy atom. The first-order chi connectivity index (χ1) is 9.72. The van der Waals surface area contributed by atoms with Gasteiger partial charge in [0.1, 0.15) is 11.9 Å². The van der Waals surface area contributed by atoms with Gasteiger partial charge in [0.2, 0.25) is 0 Å². The largest absolute Gasteiger partial charge is 0.496 e. The van der Waals surface area contributed by atoms with Crippen LogP contribution in [-0.4, -0.2) is 22.0 Å². The second-order valence-corrected chi connectivity index (χ2v) is 4.68. The Bertz CT molecular complexity index is 749. The molecule has 1 atom stereocenters. The number of aliphatic hydroxyl groups excluding tert-OH is 1. The van der Waals surface area contributed by atoms with Crippen molar-refractivity contribution in [2.24, 2.45) is 7.05 Å². The minimum Gasteiger partial charge on any atom is -0.496 e. The number of ether oxygens (including phenoxy) is 1. The lowest BCUT2D eigenvalue weighted by Gasteiger charge is -2.17. The van der Waals surface area contributed by atoms with Crippen LogP contribution in [0.5, 0.6) is 5.75 Å². The first kappa shape index (κ1) is 12.7. The van der Waals surface area contributed by atoms with Crippen LogP contribution in [0.4, 0.5) is 0 Å². The SMILES string of the molecule is COc1ccc2ccccc2c1C(O)c1ccnn1C. The number of rotatable bonds is 3. The summed E-state index contributed by atoms with van der Waals surface area (Å²) in [4.78, 5) is 0. The second-order valence-electron chi connectivity index (χ2n) is 4.68. The number of methoxy groups -OCH3 is 1. The Morgan fingerprint density at radius 2 is 1.95 bits per heavy atom. The van der Waals surface area contributed by atoms with Gasteiger partial charge < -0.3 is 9.84 Å². The van der Waals surface area contributed by atoms with Gasteiger partial charge in [0, 0.05) is 18.8 Å². The molecular formula is C16H16N2O2. The van der Waals surface area contributed by atoms with E-state index < -0.39 is 6.10 Å². The van der Waals surface area contributed by atoms with Crippen molar-refractivity contribution in [1.82, 2.24) is 9.78 Å². The van der Waals surface area contributed by atoms with Crippen molar-refractivity contribution in [1.29, 1.82) is 0 Å². The quantitative estimate of drug-likeness (QED) is 0.794. The smallest absolute Gasteiger partial charge is 0.125 e. The van der Waals surface area contributed by atoms with Crippen LogP contribution in [-0.2, 0) is 7.05 Å². The molecule has 20 heavy (non-hydrogen) atoms. The normalized spacial score (nSPS) is 12.6. The summed E-state index contributed by atoms with van der Waals surface area (Å²) in [5.74, 6) is 0.678. The lowest BCUT2D eigenvalue weighted by molar-refractivity contribution is 0.206. The highest BCUT2D eigenvalue weighted by Crippen LogP contribution is 2.35. The fourth-order valence-electron chi connectivity index (χ4n) is 2.54. The molecule has 0 saturated heterocycles. The fourth-order valence-corrected chi connectivity index (χ4v) is 2.54. The Hall–Kier alpha value is -2.33. The lowest BCUT2D eigenvalue weighted by Crippen LogP contribution is -2.08. The van der Waals surface area contributed by atoms with Gasteiger partial charge in [0.05, 0.1) is 12.8 Å². The third-order valence-electron chi connectivity index (χ3n) is 3.56. The average Bonchev–Trinajstić information content (AvgIpc) is 2.91. The molecule has 1 heterocycles. The van der Waals surface area contributed by atoms with Crippen molar-refractivity contribution in [3.8, 4) is 5.75 Å². The summed E-state index contributed by atoms with van der Waals surface area (Å²) >= 11 is 0. The van der Waals surface area contributed by atoms with E-state index in [0.717, 1.165) is 22.0 Å². The first-order valence-electron chi connectivity index (χ1n) is 6.44. The second kappa shape index (κ2) is 4.98. The van der Waals surface area contributed by atoms with E-state index in [9.17, 15) is 5.11 Å².